The summed E-state index contributed by atoms with van der Waals surface area (Å²) in [6.45, 7) is 3.15. The quantitative estimate of drug-likeness (QED) is 0.584. The number of carbonyl (C=O) groups is 1. The average molecular weight is 389 g/mol. The summed E-state index contributed by atoms with van der Waals surface area (Å²) < 4.78 is 12.7. The number of ether oxygens (including phenoxy) is 2. The predicted octanol–water partition coefficient (Wildman–Crippen LogP) is 0.130. The Labute approximate surface area is 161 Å². The van der Waals surface area contributed by atoms with Crippen LogP contribution in [0.25, 0.3) is 5.52 Å². The molecule has 0 radical (unpaired) electrons. The Balaban J connectivity index is 2.11. The summed E-state index contributed by atoms with van der Waals surface area (Å²) in [5.41, 5.74) is 4.63. The Hall–Kier alpha value is -2.74. The Morgan fingerprint density at radius 3 is 2.82 bits per heavy atom. The number of nitrogens with two attached hydrogens (primary N) is 1. The fourth-order valence-corrected chi connectivity index (χ4v) is 3.54. The van der Waals surface area contributed by atoms with Gasteiger partial charge < -0.3 is 25.4 Å². The molecule has 1 aliphatic rings. The second kappa shape index (κ2) is 7.71. The standard InChI is InChI=1S/C18H23N5O5/c1-3-10(4-2)17(26)27-15-14(25)12(7-24)28-18(15,8-19)13-6-5-11-16(20)21-9-22-23(11)13/h5-6,9-10,12,14-15,24-25H,3-4,7H2,1-2H3,(H2,20,21,22)/t12-,14-,15-,18+/m1/s1. The number of hydrogen-bond donors (Lipinski definition) is 3. The van der Waals surface area contributed by atoms with Crippen LogP contribution in [0.3, 0.4) is 0 Å². The highest BCUT2D eigenvalue weighted by Gasteiger charge is 2.60. The zero-order chi connectivity index (χ0) is 20.5. The number of carbonyl (C=O) groups excluding carboxylic acids is 1. The Kier molecular flexibility index (Phi) is 5.51. The van der Waals surface area contributed by atoms with E-state index in [2.05, 4.69) is 10.1 Å². The molecule has 1 aliphatic heterocycles. The molecule has 0 unspecified atom stereocenters. The van der Waals surface area contributed by atoms with Crippen molar-refractivity contribution in [3.63, 3.8) is 0 Å². The minimum atomic E-state index is -1.87. The smallest absolute Gasteiger partial charge is 0.309 e. The number of fused-ring (bicyclic) bond motifs is 1. The van der Waals surface area contributed by atoms with Gasteiger partial charge in [-0.1, -0.05) is 13.8 Å². The molecule has 4 N–H and O–H groups in total. The molecule has 10 heteroatoms. The Bertz CT molecular complexity index is 905. The summed E-state index contributed by atoms with van der Waals surface area (Å²) in [6.07, 6.45) is -1.52. The lowest BCUT2D eigenvalue weighted by Gasteiger charge is -2.28. The largest absolute Gasteiger partial charge is 0.455 e. The van der Waals surface area contributed by atoms with E-state index in [-0.39, 0.29) is 17.4 Å². The zero-order valence-corrected chi connectivity index (χ0v) is 15.6. The molecular weight excluding hydrogens is 366 g/mol. The summed E-state index contributed by atoms with van der Waals surface area (Å²) in [4.78, 5) is 16.5. The molecule has 2 aromatic heterocycles. The molecule has 3 rings (SSSR count). The third-order valence-corrected chi connectivity index (χ3v) is 5.20. The second-order valence-corrected chi connectivity index (χ2v) is 6.71. The van der Waals surface area contributed by atoms with Gasteiger partial charge in [0.25, 0.3) is 0 Å². The summed E-state index contributed by atoms with van der Waals surface area (Å²) >= 11 is 0. The molecule has 0 saturated carbocycles. The highest BCUT2D eigenvalue weighted by molar-refractivity contribution is 5.73. The molecule has 3 heterocycles. The highest BCUT2D eigenvalue weighted by Crippen LogP contribution is 2.42. The molecule has 1 saturated heterocycles. The van der Waals surface area contributed by atoms with Crippen molar-refractivity contribution in [2.45, 2.75) is 50.6 Å². The summed E-state index contributed by atoms with van der Waals surface area (Å²) in [7, 11) is 0. The third-order valence-electron chi connectivity index (χ3n) is 5.20. The van der Waals surface area contributed by atoms with Gasteiger partial charge >= 0.3 is 5.97 Å². The molecule has 4 atom stereocenters. The first-order valence-corrected chi connectivity index (χ1v) is 9.10. The molecule has 10 nitrogen and oxygen atoms in total. The maximum Gasteiger partial charge on any atom is 0.309 e. The van der Waals surface area contributed by atoms with Crippen LogP contribution in [-0.4, -0.2) is 55.7 Å². The van der Waals surface area contributed by atoms with E-state index < -0.39 is 36.5 Å². The monoisotopic (exact) mass is 389 g/mol. The predicted molar refractivity (Wildman–Crippen MR) is 96.6 cm³/mol. The fourth-order valence-electron chi connectivity index (χ4n) is 3.54. The van der Waals surface area contributed by atoms with Crippen LogP contribution >= 0.6 is 0 Å². The molecule has 0 bridgehead atoms. The number of nitrogen functional groups attached to an aromatic ring is 1. The van der Waals surface area contributed by atoms with Gasteiger partial charge in [-0.05, 0) is 25.0 Å². The van der Waals surface area contributed by atoms with Gasteiger partial charge in [-0.25, -0.2) is 9.50 Å². The number of aromatic nitrogens is 3. The van der Waals surface area contributed by atoms with Gasteiger partial charge in [0.1, 0.15) is 30.1 Å². The van der Waals surface area contributed by atoms with Crippen LogP contribution in [0.1, 0.15) is 32.4 Å². The van der Waals surface area contributed by atoms with Crippen LogP contribution in [0.4, 0.5) is 5.82 Å². The number of aliphatic hydroxyl groups excluding tert-OH is 2. The first kappa shape index (κ1) is 20.0. The first-order chi connectivity index (χ1) is 13.4. The van der Waals surface area contributed by atoms with Crippen molar-refractivity contribution in [1.29, 1.82) is 5.26 Å². The van der Waals surface area contributed by atoms with Crippen molar-refractivity contribution >= 4 is 17.3 Å². The minimum Gasteiger partial charge on any atom is -0.455 e. The van der Waals surface area contributed by atoms with Gasteiger partial charge in [-0.15, -0.1) is 0 Å². The van der Waals surface area contributed by atoms with Crippen LogP contribution in [-0.2, 0) is 19.9 Å². The highest BCUT2D eigenvalue weighted by atomic mass is 16.6. The van der Waals surface area contributed by atoms with Gasteiger partial charge in [-0.2, -0.15) is 10.4 Å². The minimum absolute atomic E-state index is 0.192. The van der Waals surface area contributed by atoms with E-state index in [9.17, 15) is 20.3 Å². The first-order valence-electron chi connectivity index (χ1n) is 9.10. The zero-order valence-electron chi connectivity index (χ0n) is 15.6. The summed E-state index contributed by atoms with van der Waals surface area (Å²) in [6, 6.07) is 5.18. The number of nitriles is 1. The van der Waals surface area contributed by atoms with E-state index in [1.807, 2.05) is 19.9 Å². The molecule has 0 aromatic carbocycles. The van der Waals surface area contributed by atoms with Crippen molar-refractivity contribution in [2.24, 2.45) is 5.92 Å². The van der Waals surface area contributed by atoms with E-state index in [1.54, 1.807) is 12.1 Å². The van der Waals surface area contributed by atoms with Crippen LogP contribution in [0.15, 0.2) is 18.5 Å². The molecule has 28 heavy (non-hydrogen) atoms. The van der Waals surface area contributed by atoms with Crippen LogP contribution in [0.2, 0.25) is 0 Å². The number of aliphatic hydroxyl groups is 2. The molecule has 1 fully saturated rings. The van der Waals surface area contributed by atoms with Crippen molar-refractivity contribution in [1.82, 2.24) is 14.6 Å². The maximum atomic E-state index is 12.6. The van der Waals surface area contributed by atoms with Crippen LogP contribution < -0.4 is 5.73 Å². The fraction of sp³-hybridized carbons (Fsp3) is 0.556. The lowest BCUT2D eigenvalue weighted by atomic mass is 9.92. The lowest BCUT2D eigenvalue weighted by Crippen LogP contribution is -2.45. The molecule has 0 amide bonds. The summed E-state index contributed by atoms with van der Waals surface area (Å²) in [5.74, 6) is -0.721. The van der Waals surface area contributed by atoms with E-state index >= 15 is 0 Å². The van der Waals surface area contributed by atoms with Crippen molar-refractivity contribution in [2.75, 3.05) is 12.3 Å². The average Bonchev–Trinajstić information content (AvgIpc) is 3.24. The van der Waals surface area contributed by atoms with E-state index in [0.717, 1.165) is 0 Å². The van der Waals surface area contributed by atoms with Crippen LogP contribution in [0.5, 0.6) is 0 Å². The van der Waals surface area contributed by atoms with Crippen molar-refractivity contribution in [3.8, 4) is 6.07 Å². The normalized spacial score (nSPS) is 27.2. The number of rotatable bonds is 6. The van der Waals surface area contributed by atoms with E-state index in [4.69, 9.17) is 15.2 Å². The molecular formula is C18H23N5O5. The van der Waals surface area contributed by atoms with E-state index in [1.165, 1.54) is 10.8 Å². The number of hydrogen-bond acceptors (Lipinski definition) is 9. The van der Waals surface area contributed by atoms with Crippen LogP contribution in [0, 0.1) is 17.2 Å². The van der Waals surface area contributed by atoms with Crippen molar-refractivity contribution < 1.29 is 24.5 Å². The lowest BCUT2D eigenvalue weighted by molar-refractivity contribution is -0.165. The van der Waals surface area contributed by atoms with Gasteiger partial charge in [0, 0.05) is 0 Å². The number of anilines is 1. The SMILES string of the molecule is CCC(CC)C(=O)O[C@@H]1[C@H](O)[C@@H](CO)O[C@@]1(C#N)c1ccc2c(N)ncnn12. The number of esters is 1. The molecule has 150 valence electrons. The van der Waals surface area contributed by atoms with Gasteiger partial charge in [0.15, 0.2) is 11.9 Å². The third kappa shape index (κ3) is 2.97. The second-order valence-electron chi connectivity index (χ2n) is 6.71. The van der Waals surface area contributed by atoms with Gasteiger partial charge in [-0.3, -0.25) is 4.79 Å². The van der Waals surface area contributed by atoms with E-state index in [0.29, 0.717) is 18.4 Å². The maximum absolute atomic E-state index is 12.6. The molecule has 0 aliphatic carbocycles. The van der Waals surface area contributed by atoms with Gasteiger partial charge in [0.2, 0.25) is 5.60 Å². The molecule has 0 spiro atoms. The van der Waals surface area contributed by atoms with Crippen molar-refractivity contribution in [3.05, 3.63) is 24.2 Å². The Morgan fingerprint density at radius 2 is 2.21 bits per heavy atom. The number of nitrogens with zero attached hydrogens (tertiary/aromatic N) is 4. The van der Waals surface area contributed by atoms with Gasteiger partial charge in [0.05, 0.1) is 18.2 Å². The Morgan fingerprint density at radius 1 is 1.50 bits per heavy atom. The molecule has 2 aromatic rings. The summed E-state index contributed by atoms with van der Waals surface area (Å²) in [5, 5.41) is 34.4. The topological polar surface area (TPSA) is 156 Å².